The number of rotatable bonds is 5. The highest BCUT2D eigenvalue weighted by Gasteiger charge is 2.31. The van der Waals surface area contributed by atoms with E-state index in [0.717, 1.165) is 18.5 Å². The number of aryl methyl sites for hydroxylation is 1. The van der Waals surface area contributed by atoms with Crippen LogP contribution in [0.25, 0.3) is 0 Å². The molecule has 0 bridgehead atoms. The van der Waals surface area contributed by atoms with Crippen LogP contribution in [0.5, 0.6) is 0 Å². The van der Waals surface area contributed by atoms with Gasteiger partial charge in [0.1, 0.15) is 0 Å². The first-order valence-corrected chi connectivity index (χ1v) is 8.58. The molecule has 2 aromatic rings. The van der Waals surface area contributed by atoms with E-state index >= 15 is 0 Å². The average Bonchev–Trinajstić information content (AvgIpc) is 2.95. The molecule has 0 aliphatic carbocycles. The Morgan fingerprint density at radius 3 is 2.88 bits per heavy atom. The number of benzene rings is 1. The quantitative estimate of drug-likeness (QED) is 0.920. The third-order valence-corrected chi connectivity index (χ3v) is 4.89. The Morgan fingerprint density at radius 1 is 1.29 bits per heavy atom. The molecule has 1 N–H and O–H groups in total. The summed E-state index contributed by atoms with van der Waals surface area (Å²) in [6, 6.07) is 12.9. The largest absolute Gasteiger partial charge is 0.351 e. The fraction of sp³-hybridized carbons (Fsp3) is 0.400. The van der Waals surface area contributed by atoms with E-state index in [-0.39, 0.29) is 5.91 Å². The summed E-state index contributed by atoms with van der Waals surface area (Å²) in [5, 5.41) is 2.99. The summed E-state index contributed by atoms with van der Waals surface area (Å²) in [6.07, 6.45) is 4.64. The second-order valence-corrected chi connectivity index (χ2v) is 6.71. The van der Waals surface area contributed by atoms with Crippen LogP contribution in [0.1, 0.15) is 36.0 Å². The van der Waals surface area contributed by atoms with Gasteiger partial charge in [-0.25, -0.2) is 0 Å². The van der Waals surface area contributed by atoms with Crippen LogP contribution in [0.15, 0.2) is 48.8 Å². The average molecular weight is 323 g/mol. The standard InChI is InChI=1S/C20H25N3O/c1-15-6-3-4-8-19(15)18-10-16(2)23(13-18)14-20(24)22-12-17-7-5-9-21-11-17/h3-9,11,16,18H,10,12-14H2,1-2H3,(H,22,24)/t16-,18-/m0/s1. The lowest BCUT2D eigenvalue weighted by atomic mass is 9.93. The van der Waals surface area contributed by atoms with Crippen LogP contribution in [0.2, 0.25) is 0 Å². The summed E-state index contributed by atoms with van der Waals surface area (Å²) < 4.78 is 0. The van der Waals surface area contributed by atoms with Gasteiger partial charge in [-0.1, -0.05) is 30.3 Å². The SMILES string of the molecule is Cc1ccccc1[C@H]1C[C@H](C)N(CC(=O)NCc2cccnc2)C1. The normalized spacial score (nSPS) is 20.9. The van der Waals surface area contributed by atoms with E-state index in [1.165, 1.54) is 11.1 Å². The molecule has 0 unspecified atom stereocenters. The van der Waals surface area contributed by atoms with E-state index in [1.54, 1.807) is 12.4 Å². The van der Waals surface area contributed by atoms with Gasteiger partial charge in [-0.2, -0.15) is 0 Å². The highest BCUT2D eigenvalue weighted by molar-refractivity contribution is 5.78. The van der Waals surface area contributed by atoms with Crippen molar-refractivity contribution < 1.29 is 4.79 Å². The van der Waals surface area contributed by atoms with Gasteiger partial charge in [-0.15, -0.1) is 0 Å². The summed E-state index contributed by atoms with van der Waals surface area (Å²) in [5.41, 5.74) is 3.79. The summed E-state index contributed by atoms with van der Waals surface area (Å²) in [6.45, 7) is 6.34. The van der Waals surface area contributed by atoms with Crippen molar-refractivity contribution in [3.05, 3.63) is 65.5 Å². The van der Waals surface area contributed by atoms with E-state index in [4.69, 9.17) is 0 Å². The number of hydrogen-bond acceptors (Lipinski definition) is 3. The first-order valence-electron chi connectivity index (χ1n) is 8.58. The van der Waals surface area contributed by atoms with Crippen LogP contribution in [0, 0.1) is 6.92 Å². The maximum Gasteiger partial charge on any atom is 0.234 e. The Morgan fingerprint density at radius 2 is 2.12 bits per heavy atom. The van der Waals surface area contributed by atoms with Crippen molar-refractivity contribution in [2.75, 3.05) is 13.1 Å². The Hall–Kier alpha value is -2.20. The highest BCUT2D eigenvalue weighted by Crippen LogP contribution is 2.32. The molecule has 1 aliphatic heterocycles. The summed E-state index contributed by atoms with van der Waals surface area (Å²) >= 11 is 0. The lowest BCUT2D eigenvalue weighted by Gasteiger charge is -2.20. The Labute approximate surface area is 143 Å². The van der Waals surface area contributed by atoms with Crippen molar-refractivity contribution in [3.63, 3.8) is 0 Å². The van der Waals surface area contributed by atoms with E-state index in [2.05, 4.69) is 53.3 Å². The molecule has 1 fully saturated rings. The maximum atomic E-state index is 12.3. The second kappa shape index (κ2) is 7.58. The molecule has 1 aromatic heterocycles. The molecule has 0 radical (unpaired) electrons. The number of aromatic nitrogens is 1. The zero-order valence-electron chi connectivity index (χ0n) is 14.4. The van der Waals surface area contributed by atoms with Gasteiger partial charge < -0.3 is 5.32 Å². The fourth-order valence-electron chi connectivity index (χ4n) is 3.53. The van der Waals surface area contributed by atoms with E-state index in [9.17, 15) is 4.79 Å². The van der Waals surface area contributed by atoms with E-state index in [0.29, 0.717) is 25.0 Å². The second-order valence-electron chi connectivity index (χ2n) is 6.71. The third kappa shape index (κ3) is 4.01. The molecule has 0 saturated carbocycles. The van der Waals surface area contributed by atoms with Gasteiger partial charge in [0.25, 0.3) is 0 Å². The molecule has 2 heterocycles. The Bertz CT molecular complexity index is 686. The summed E-state index contributed by atoms with van der Waals surface area (Å²) in [4.78, 5) is 18.6. The Kier molecular flexibility index (Phi) is 5.26. The third-order valence-electron chi connectivity index (χ3n) is 4.89. The van der Waals surface area contributed by atoms with Crippen LogP contribution in [0.4, 0.5) is 0 Å². The molecule has 1 saturated heterocycles. The van der Waals surface area contributed by atoms with E-state index < -0.39 is 0 Å². The predicted molar refractivity (Wildman–Crippen MR) is 95.7 cm³/mol. The van der Waals surface area contributed by atoms with Gasteiger partial charge >= 0.3 is 0 Å². The van der Waals surface area contributed by atoms with Crippen LogP contribution < -0.4 is 5.32 Å². The minimum absolute atomic E-state index is 0.0798. The molecule has 126 valence electrons. The lowest BCUT2D eigenvalue weighted by molar-refractivity contribution is -0.122. The molecule has 3 rings (SSSR count). The number of nitrogens with one attached hydrogen (secondary N) is 1. The minimum atomic E-state index is 0.0798. The summed E-state index contributed by atoms with van der Waals surface area (Å²) in [5.74, 6) is 0.600. The Balaban J connectivity index is 1.54. The summed E-state index contributed by atoms with van der Waals surface area (Å²) in [7, 11) is 0. The van der Waals surface area contributed by atoms with Crippen molar-refractivity contribution in [1.82, 2.24) is 15.2 Å². The van der Waals surface area contributed by atoms with Crippen molar-refractivity contribution in [2.45, 2.75) is 38.8 Å². The number of amides is 1. The zero-order valence-corrected chi connectivity index (χ0v) is 14.4. The van der Waals surface area contributed by atoms with Crippen LogP contribution in [-0.2, 0) is 11.3 Å². The molecular formula is C20H25N3O. The zero-order chi connectivity index (χ0) is 16.9. The molecule has 24 heavy (non-hydrogen) atoms. The molecule has 1 amide bonds. The van der Waals surface area contributed by atoms with Crippen molar-refractivity contribution >= 4 is 5.91 Å². The molecule has 1 aromatic carbocycles. The molecule has 1 aliphatic rings. The molecule has 0 spiro atoms. The molecule has 4 heteroatoms. The number of hydrogen-bond donors (Lipinski definition) is 1. The monoisotopic (exact) mass is 323 g/mol. The first kappa shape index (κ1) is 16.7. The van der Waals surface area contributed by atoms with Gasteiger partial charge in [0.2, 0.25) is 5.91 Å². The number of carbonyl (C=O) groups is 1. The van der Waals surface area contributed by atoms with E-state index in [1.807, 2.05) is 12.1 Å². The van der Waals surface area contributed by atoms with Crippen molar-refractivity contribution in [1.29, 1.82) is 0 Å². The molecule has 2 atom stereocenters. The molecule has 4 nitrogen and oxygen atoms in total. The van der Waals surface area contributed by atoms with Crippen molar-refractivity contribution in [3.8, 4) is 0 Å². The molecular weight excluding hydrogens is 298 g/mol. The van der Waals surface area contributed by atoms with Crippen molar-refractivity contribution in [2.24, 2.45) is 0 Å². The van der Waals surface area contributed by atoms with Gasteiger partial charge in [0, 0.05) is 31.5 Å². The number of pyridine rings is 1. The fourth-order valence-corrected chi connectivity index (χ4v) is 3.53. The maximum absolute atomic E-state index is 12.3. The topological polar surface area (TPSA) is 45.2 Å². The number of likely N-dealkylation sites (tertiary alicyclic amines) is 1. The number of carbonyl (C=O) groups excluding carboxylic acids is 1. The van der Waals surface area contributed by atoms with Gasteiger partial charge in [-0.05, 0) is 48.9 Å². The predicted octanol–water partition coefficient (Wildman–Crippen LogP) is 2.88. The van der Waals surface area contributed by atoms with Gasteiger partial charge in [0.05, 0.1) is 6.54 Å². The lowest BCUT2D eigenvalue weighted by Crippen LogP contribution is -2.38. The number of nitrogens with zero attached hydrogens (tertiary/aromatic N) is 2. The smallest absolute Gasteiger partial charge is 0.234 e. The van der Waals surface area contributed by atoms with Gasteiger partial charge in [-0.3, -0.25) is 14.7 Å². The highest BCUT2D eigenvalue weighted by atomic mass is 16.2. The first-order chi connectivity index (χ1) is 11.6. The van der Waals surface area contributed by atoms with Crippen LogP contribution >= 0.6 is 0 Å². The minimum Gasteiger partial charge on any atom is -0.351 e. The van der Waals surface area contributed by atoms with Gasteiger partial charge in [0.15, 0.2) is 0 Å². The van der Waals surface area contributed by atoms with Crippen LogP contribution in [-0.4, -0.2) is 34.9 Å². The van der Waals surface area contributed by atoms with Crippen LogP contribution in [0.3, 0.4) is 0 Å².